The Balaban J connectivity index is 0.00000120. The maximum Gasteiger partial charge on any atom is 0.225 e. The van der Waals surface area contributed by atoms with Crippen molar-refractivity contribution in [2.75, 3.05) is 31.1 Å². The van der Waals surface area contributed by atoms with E-state index >= 15 is 0 Å². The fourth-order valence-electron chi connectivity index (χ4n) is 2.41. The Bertz CT molecular complexity index is 398. The molecular weight excluding hydrogens is 248 g/mol. The third-order valence-corrected chi connectivity index (χ3v) is 3.64. The lowest BCUT2D eigenvalue weighted by molar-refractivity contribution is -0.132. The van der Waals surface area contributed by atoms with E-state index in [2.05, 4.69) is 29.2 Å². The van der Waals surface area contributed by atoms with Gasteiger partial charge in [0.25, 0.3) is 0 Å². The number of benzene rings is 1. The molecule has 98 valence electrons. The number of anilines is 1. The van der Waals surface area contributed by atoms with Crippen LogP contribution in [0.1, 0.15) is 12.8 Å². The summed E-state index contributed by atoms with van der Waals surface area (Å²) < 4.78 is 0. The Morgan fingerprint density at radius 1 is 1.00 bits per heavy atom. The summed E-state index contributed by atoms with van der Waals surface area (Å²) in [4.78, 5) is 16.3. The van der Waals surface area contributed by atoms with Crippen molar-refractivity contribution in [2.24, 2.45) is 5.92 Å². The lowest BCUT2D eigenvalue weighted by atomic mass is 10.2. The summed E-state index contributed by atoms with van der Waals surface area (Å²) in [7, 11) is 0. The summed E-state index contributed by atoms with van der Waals surface area (Å²) in [6, 6.07) is 10.4. The molecule has 1 aliphatic carbocycles. The van der Waals surface area contributed by atoms with Crippen molar-refractivity contribution in [3.05, 3.63) is 30.3 Å². The highest BCUT2D eigenvalue weighted by molar-refractivity contribution is 5.85. The number of nitrogens with zero attached hydrogens (tertiary/aromatic N) is 2. The second-order valence-electron chi connectivity index (χ2n) is 4.92. The van der Waals surface area contributed by atoms with Crippen LogP contribution in [0.5, 0.6) is 0 Å². The average Bonchev–Trinajstić information content (AvgIpc) is 3.24. The Labute approximate surface area is 114 Å². The predicted molar refractivity (Wildman–Crippen MR) is 75.2 cm³/mol. The topological polar surface area (TPSA) is 23.6 Å². The van der Waals surface area contributed by atoms with Gasteiger partial charge in [-0.05, 0) is 25.0 Å². The zero-order chi connectivity index (χ0) is 11.7. The molecule has 1 aliphatic heterocycles. The number of carbonyl (C=O) groups excluding carboxylic acids is 1. The van der Waals surface area contributed by atoms with E-state index in [1.54, 1.807) is 0 Å². The smallest absolute Gasteiger partial charge is 0.225 e. The van der Waals surface area contributed by atoms with Crippen LogP contribution in [0, 0.1) is 5.92 Å². The van der Waals surface area contributed by atoms with Gasteiger partial charge in [-0.25, -0.2) is 0 Å². The first-order valence-corrected chi connectivity index (χ1v) is 6.43. The van der Waals surface area contributed by atoms with Gasteiger partial charge in [-0.15, -0.1) is 12.4 Å². The number of hydrogen-bond acceptors (Lipinski definition) is 2. The normalized spacial score (nSPS) is 19.3. The van der Waals surface area contributed by atoms with Crippen LogP contribution < -0.4 is 4.90 Å². The lowest BCUT2D eigenvalue weighted by Crippen LogP contribution is -2.49. The van der Waals surface area contributed by atoms with Gasteiger partial charge in [-0.2, -0.15) is 0 Å². The first-order valence-electron chi connectivity index (χ1n) is 6.43. The van der Waals surface area contributed by atoms with E-state index in [1.165, 1.54) is 5.69 Å². The Kier molecular flexibility index (Phi) is 4.12. The summed E-state index contributed by atoms with van der Waals surface area (Å²) >= 11 is 0. The molecule has 0 aromatic heterocycles. The molecule has 2 fully saturated rings. The maximum absolute atomic E-state index is 11.9. The number of hydrogen-bond donors (Lipinski definition) is 0. The van der Waals surface area contributed by atoms with Crippen LogP contribution >= 0.6 is 12.4 Å². The number of amides is 1. The van der Waals surface area contributed by atoms with E-state index in [9.17, 15) is 4.79 Å². The summed E-state index contributed by atoms with van der Waals surface area (Å²) in [5, 5.41) is 0. The number of para-hydroxylation sites is 1. The molecule has 1 saturated carbocycles. The minimum Gasteiger partial charge on any atom is -0.368 e. The molecule has 18 heavy (non-hydrogen) atoms. The van der Waals surface area contributed by atoms with Crippen molar-refractivity contribution in [1.29, 1.82) is 0 Å². The van der Waals surface area contributed by atoms with E-state index < -0.39 is 0 Å². The number of carbonyl (C=O) groups is 1. The van der Waals surface area contributed by atoms with Gasteiger partial charge in [0.05, 0.1) is 0 Å². The molecule has 0 spiro atoms. The van der Waals surface area contributed by atoms with Gasteiger partial charge in [-0.1, -0.05) is 18.2 Å². The predicted octanol–water partition coefficient (Wildman–Crippen LogP) is 2.17. The van der Waals surface area contributed by atoms with Crippen molar-refractivity contribution in [2.45, 2.75) is 12.8 Å². The molecule has 0 radical (unpaired) electrons. The van der Waals surface area contributed by atoms with Crippen molar-refractivity contribution in [1.82, 2.24) is 4.90 Å². The fourth-order valence-corrected chi connectivity index (χ4v) is 2.41. The molecule has 4 heteroatoms. The molecule has 3 rings (SSSR count). The largest absolute Gasteiger partial charge is 0.368 e. The Morgan fingerprint density at radius 3 is 2.17 bits per heavy atom. The second-order valence-corrected chi connectivity index (χ2v) is 4.92. The Morgan fingerprint density at radius 2 is 1.61 bits per heavy atom. The monoisotopic (exact) mass is 266 g/mol. The second kappa shape index (κ2) is 5.61. The van der Waals surface area contributed by atoms with Crippen molar-refractivity contribution in [3.8, 4) is 0 Å². The molecule has 0 bridgehead atoms. The van der Waals surface area contributed by atoms with Crippen molar-refractivity contribution < 1.29 is 4.79 Å². The van der Waals surface area contributed by atoms with Crippen LogP contribution in [-0.2, 0) is 4.79 Å². The first-order chi connectivity index (χ1) is 8.34. The van der Waals surface area contributed by atoms with Crippen LogP contribution in [0.3, 0.4) is 0 Å². The van der Waals surface area contributed by atoms with Crippen LogP contribution in [0.2, 0.25) is 0 Å². The molecule has 1 amide bonds. The molecular formula is C14H19ClN2O. The van der Waals surface area contributed by atoms with Gasteiger partial charge in [0.15, 0.2) is 0 Å². The van der Waals surface area contributed by atoms with Gasteiger partial charge >= 0.3 is 0 Å². The summed E-state index contributed by atoms with van der Waals surface area (Å²) in [5.41, 5.74) is 1.27. The van der Waals surface area contributed by atoms with Gasteiger partial charge < -0.3 is 9.80 Å². The first kappa shape index (κ1) is 13.2. The standard InChI is InChI=1S/C14H18N2O.ClH/c17-14(12-6-7-12)16-10-8-15(9-11-16)13-4-2-1-3-5-13;/h1-5,12H,6-11H2;1H. The molecule has 1 aromatic rings. The lowest BCUT2D eigenvalue weighted by Gasteiger charge is -2.36. The van der Waals surface area contributed by atoms with Crippen molar-refractivity contribution in [3.63, 3.8) is 0 Å². The SMILES string of the molecule is Cl.O=C(C1CC1)N1CCN(c2ccccc2)CC1. The van der Waals surface area contributed by atoms with Crippen LogP contribution in [0.15, 0.2) is 30.3 Å². The molecule has 2 aliphatic rings. The van der Waals surface area contributed by atoms with Crippen LogP contribution in [0.25, 0.3) is 0 Å². The molecule has 1 heterocycles. The van der Waals surface area contributed by atoms with Crippen LogP contribution in [-0.4, -0.2) is 37.0 Å². The Hall–Kier alpha value is -1.22. The molecule has 3 nitrogen and oxygen atoms in total. The molecule has 0 N–H and O–H groups in total. The number of piperazine rings is 1. The zero-order valence-electron chi connectivity index (χ0n) is 10.4. The highest BCUT2D eigenvalue weighted by atomic mass is 35.5. The summed E-state index contributed by atoms with van der Waals surface area (Å²) in [6.45, 7) is 3.68. The van der Waals surface area contributed by atoms with E-state index in [4.69, 9.17) is 0 Å². The summed E-state index contributed by atoms with van der Waals surface area (Å²) in [5.74, 6) is 0.746. The van der Waals surface area contributed by atoms with E-state index in [1.807, 2.05) is 11.0 Å². The van der Waals surface area contributed by atoms with Crippen LogP contribution in [0.4, 0.5) is 5.69 Å². The highest BCUT2D eigenvalue weighted by Gasteiger charge is 2.34. The van der Waals surface area contributed by atoms with Gasteiger partial charge in [-0.3, -0.25) is 4.79 Å². The highest BCUT2D eigenvalue weighted by Crippen LogP contribution is 2.31. The van der Waals surface area contributed by atoms with Gasteiger partial charge in [0.2, 0.25) is 5.91 Å². The van der Waals surface area contributed by atoms with E-state index in [0.717, 1.165) is 39.0 Å². The molecule has 1 saturated heterocycles. The quantitative estimate of drug-likeness (QED) is 0.819. The fraction of sp³-hybridized carbons (Fsp3) is 0.500. The minimum absolute atomic E-state index is 0. The maximum atomic E-state index is 11.9. The number of halogens is 1. The molecule has 1 aromatic carbocycles. The van der Waals surface area contributed by atoms with Crippen molar-refractivity contribution >= 4 is 24.0 Å². The zero-order valence-corrected chi connectivity index (χ0v) is 11.2. The summed E-state index contributed by atoms with van der Waals surface area (Å²) in [6.07, 6.45) is 2.22. The molecule has 0 atom stereocenters. The number of rotatable bonds is 2. The minimum atomic E-state index is 0. The van der Waals surface area contributed by atoms with E-state index in [0.29, 0.717) is 11.8 Å². The van der Waals surface area contributed by atoms with Gasteiger partial charge in [0, 0.05) is 37.8 Å². The third kappa shape index (κ3) is 2.78. The van der Waals surface area contributed by atoms with E-state index in [-0.39, 0.29) is 12.4 Å². The average molecular weight is 267 g/mol. The van der Waals surface area contributed by atoms with Gasteiger partial charge in [0.1, 0.15) is 0 Å². The molecule has 0 unspecified atom stereocenters. The third-order valence-electron chi connectivity index (χ3n) is 3.64.